The molecule has 0 N–H and O–H groups in total. The van der Waals surface area contributed by atoms with E-state index in [-0.39, 0.29) is 56.9 Å². The van der Waals surface area contributed by atoms with Crippen molar-refractivity contribution in [2.24, 2.45) is 5.92 Å². The van der Waals surface area contributed by atoms with Crippen LogP contribution in [-0.4, -0.2) is 4.98 Å². The molecule has 0 fully saturated rings. The fourth-order valence-electron chi connectivity index (χ4n) is 3.25. The van der Waals surface area contributed by atoms with Gasteiger partial charge < -0.3 is 24.8 Å². The number of allylic oxidation sites excluding steroid dienone is 7. The summed E-state index contributed by atoms with van der Waals surface area (Å²) in [6, 6.07) is 14.4. The van der Waals surface area contributed by atoms with Gasteiger partial charge >= 0.3 is 26.2 Å². The van der Waals surface area contributed by atoms with Crippen LogP contribution in [-0.2, 0) is 26.2 Å². The fraction of sp³-hybridized carbons (Fsp3) is 0.174. The standard InChI is InChI=1S/C14H10N.C9H10S.2ClH.Zr/c1-2-6-12-11(5-1)8-9-13(12)14-7-3-4-10-15-14;1-2-8-6-7-4-3-5-9(7)10-8;;;/h1-8,10,13H;3-7H,2H2,1H3;2*1H;/q-1;;;;+3/p-2. The van der Waals surface area contributed by atoms with E-state index in [0.29, 0.717) is 5.92 Å². The minimum absolute atomic E-state index is 0. The topological polar surface area (TPSA) is 12.9 Å². The summed E-state index contributed by atoms with van der Waals surface area (Å²) < 4.78 is 0. The van der Waals surface area contributed by atoms with E-state index in [2.05, 4.69) is 72.6 Å². The van der Waals surface area contributed by atoms with E-state index in [1.54, 1.807) is 0 Å². The van der Waals surface area contributed by atoms with Crippen LogP contribution in [0.3, 0.4) is 0 Å². The smallest absolute Gasteiger partial charge is 1.00 e. The van der Waals surface area contributed by atoms with Gasteiger partial charge in [0, 0.05) is 22.7 Å². The SMILES string of the molecule is CCC1=CC2C=CC=C2S1.[C-]1=Cc2ccccc2C1c1ccccn1.[Cl-].[Cl-].[Zr+3]. The molecule has 5 heteroatoms. The number of rotatable bonds is 2. The molecule has 1 aliphatic heterocycles. The third-order valence-electron chi connectivity index (χ3n) is 4.57. The van der Waals surface area contributed by atoms with Crippen molar-refractivity contribution in [1.82, 2.24) is 4.98 Å². The van der Waals surface area contributed by atoms with E-state index in [1.165, 1.54) is 27.4 Å². The van der Waals surface area contributed by atoms with Gasteiger partial charge in [-0.1, -0.05) is 67.3 Å². The van der Waals surface area contributed by atoms with Crippen molar-refractivity contribution in [2.75, 3.05) is 0 Å². The van der Waals surface area contributed by atoms with E-state index < -0.39 is 0 Å². The Morgan fingerprint density at radius 1 is 1.07 bits per heavy atom. The van der Waals surface area contributed by atoms with Crippen LogP contribution < -0.4 is 24.8 Å². The molecule has 1 aromatic carbocycles. The van der Waals surface area contributed by atoms with Gasteiger partial charge in [0.2, 0.25) is 0 Å². The van der Waals surface area contributed by atoms with Crippen LogP contribution in [0.25, 0.3) is 6.08 Å². The van der Waals surface area contributed by atoms with Gasteiger partial charge in [-0.3, -0.25) is 11.1 Å². The van der Waals surface area contributed by atoms with Crippen LogP contribution in [0.2, 0.25) is 0 Å². The molecule has 0 bridgehead atoms. The largest absolute Gasteiger partial charge is 3.00 e. The number of nitrogens with zero attached hydrogens (tertiary/aromatic N) is 1. The second-order valence-corrected chi connectivity index (χ2v) is 7.40. The summed E-state index contributed by atoms with van der Waals surface area (Å²) in [5.41, 5.74) is 3.63. The Balaban J connectivity index is 0.000000269. The summed E-state index contributed by atoms with van der Waals surface area (Å²) in [7, 11) is 0. The second kappa shape index (κ2) is 12.0. The zero-order chi connectivity index (χ0) is 17.1. The van der Waals surface area contributed by atoms with Gasteiger partial charge in [0.1, 0.15) is 0 Å². The van der Waals surface area contributed by atoms with E-state index in [0.717, 1.165) is 5.69 Å². The van der Waals surface area contributed by atoms with Gasteiger partial charge in [0.05, 0.1) is 0 Å². The molecule has 3 aliphatic rings. The van der Waals surface area contributed by atoms with Gasteiger partial charge in [0.25, 0.3) is 0 Å². The van der Waals surface area contributed by atoms with Crippen molar-refractivity contribution in [1.29, 1.82) is 0 Å². The van der Waals surface area contributed by atoms with E-state index >= 15 is 0 Å². The molecule has 0 saturated carbocycles. The molecule has 0 saturated heterocycles. The van der Waals surface area contributed by atoms with Gasteiger partial charge in [0.15, 0.2) is 0 Å². The third kappa shape index (κ3) is 5.60. The van der Waals surface area contributed by atoms with Gasteiger partial charge in [-0.05, 0) is 29.4 Å². The zero-order valence-electron chi connectivity index (χ0n) is 15.5. The summed E-state index contributed by atoms with van der Waals surface area (Å²) in [6.07, 6.45) is 17.4. The Labute approximate surface area is 203 Å². The molecule has 0 spiro atoms. The fourth-order valence-corrected chi connectivity index (χ4v) is 4.34. The Morgan fingerprint density at radius 3 is 2.57 bits per heavy atom. The summed E-state index contributed by atoms with van der Waals surface area (Å²) in [5.74, 6) is 0.849. The molecule has 28 heavy (non-hydrogen) atoms. The summed E-state index contributed by atoms with van der Waals surface area (Å²) in [5, 5.41) is 0. The third-order valence-corrected chi connectivity index (χ3v) is 5.90. The first-order chi connectivity index (χ1) is 12.3. The number of pyridine rings is 1. The van der Waals surface area contributed by atoms with Gasteiger partial charge in [-0.25, -0.2) is 6.08 Å². The summed E-state index contributed by atoms with van der Waals surface area (Å²) >= 11 is 1.94. The van der Waals surface area contributed by atoms with Crippen LogP contribution in [0.4, 0.5) is 0 Å². The number of aromatic nitrogens is 1. The maximum atomic E-state index is 4.38. The average Bonchev–Trinajstić information content (AvgIpc) is 3.37. The molecule has 5 rings (SSSR count). The molecule has 2 unspecified atom stereocenters. The van der Waals surface area contributed by atoms with Gasteiger partial charge in [-0.2, -0.15) is 5.56 Å². The Bertz CT molecular complexity index is 890. The summed E-state index contributed by atoms with van der Waals surface area (Å²) in [4.78, 5) is 7.42. The number of hydrogen-bond donors (Lipinski definition) is 0. The molecule has 2 atom stereocenters. The number of fused-ring (bicyclic) bond motifs is 2. The second-order valence-electron chi connectivity index (χ2n) is 6.20. The van der Waals surface area contributed by atoms with Gasteiger partial charge in [-0.15, -0.1) is 11.6 Å². The van der Waals surface area contributed by atoms with Crippen molar-refractivity contribution >= 4 is 17.8 Å². The van der Waals surface area contributed by atoms with Crippen molar-refractivity contribution in [3.8, 4) is 0 Å². The Morgan fingerprint density at radius 2 is 1.86 bits per heavy atom. The quantitative estimate of drug-likeness (QED) is 0.541. The molecular formula is C23H20Cl2NSZr. The first-order valence-electron chi connectivity index (χ1n) is 8.71. The molecule has 1 radical (unpaired) electrons. The van der Waals surface area contributed by atoms with Crippen molar-refractivity contribution in [3.63, 3.8) is 0 Å². The van der Waals surface area contributed by atoms with E-state index in [4.69, 9.17) is 0 Å². The molecule has 141 valence electrons. The zero-order valence-corrected chi connectivity index (χ0v) is 20.3. The van der Waals surface area contributed by atoms with Crippen molar-refractivity contribution < 1.29 is 51.0 Å². The van der Waals surface area contributed by atoms with Crippen LogP contribution >= 0.6 is 11.8 Å². The number of thioether (sulfide) groups is 1. The van der Waals surface area contributed by atoms with E-state index in [9.17, 15) is 0 Å². The molecule has 1 nitrogen and oxygen atoms in total. The Hall–Kier alpha value is -0.857. The van der Waals surface area contributed by atoms with E-state index in [1.807, 2.05) is 36.2 Å². The minimum Gasteiger partial charge on any atom is -1.00 e. The van der Waals surface area contributed by atoms with Crippen LogP contribution in [0, 0.1) is 12.0 Å². The number of benzene rings is 1. The van der Waals surface area contributed by atoms with Crippen LogP contribution in [0.5, 0.6) is 0 Å². The van der Waals surface area contributed by atoms with Crippen LogP contribution in [0.1, 0.15) is 36.1 Å². The maximum absolute atomic E-state index is 4.38. The molecular weight excluding hydrogens is 484 g/mol. The normalized spacial score (nSPS) is 19.6. The maximum Gasteiger partial charge on any atom is 3.00 e. The molecule has 1 aromatic heterocycles. The number of hydrogen-bond acceptors (Lipinski definition) is 2. The van der Waals surface area contributed by atoms with Crippen molar-refractivity contribution in [2.45, 2.75) is 19.3 Å². The summed E-state index contributed by atoms with van der Waals surface area (Å²) in [6.45, 7) is 2.21. The molecule has 0 amide bonds. The predicted molar refractivity (Wildman–Crippen MR) is 107 cm³/mol. The predicted octanol–water partition coefficient (Wildman–Crippen LogP) is 0.146. The number of halogens is 2. The first-order valence-corrected chi connectivity index (χ1v) is 9.53. The molecule has 2 heterocycles. The minimum atomic E-state index is 0. The first kappa shape index (κ1) is 25.2. The average molecular weight is 505 g/mol. The van der Waals surface area contributed by atoms with Crippen LogP contribution in [0.15, 0.2) is 82.8 Å². The molecule has 2 aliphatic carbocycles. The monoisotopic (exact) mass is 502 g/mol. The molecule has 2 aromatic rings. The Kier molecular flexibility index (Phi) is 10.8. The van der Waals surface area contributed by atoms with Crippen molar-refractivity contribution in [3.05, 3.63) is 106 Å².